The monoisotopic (exact) mass is 444 g/mol. The standard InChI is InChI=1S/C16H12F8N4S/c1-7-4-10(29-8(7)2)9-5-25-28(6-9)13-11(15(19,20)21)12(26-27(13)3)14(17,18)16(22,23)24/h4-6H,1-3H3. The number of nitrogens with zero attached hydrogens (tertiary/aromatic N) is 4. The normalized spacial score (nSPS) is 13.3. The van der Waals surface area contributed by atoms with E-state index in [1.165, 1.54) is 17.5 Å². The highest BCUT2D eigenvalue weighted by atomic mass is 32.1. The summed E-state index contributed by atoms with van der Waals surface area (Å²) >= 11 is 1.34. The van der Waals surface area contributed by atoms with Crippen molar-refractivity contribution in [1.82, 2.24) is 19.6 Å². The molecule has 3 aromatic rings. The van der Waals surface area contributed by atoms with Gasteiger partial charge in [-0.25, -0.2) is 9.36 Å². The Morgan fingerprint density at radius 1 is 1.00 bits per heavy atom. The highest BCUT2D eigenvalue weighted by Gasteiger charge is 2.64. The van der Waals surface area contributed by atoms with Crippen molar-refractivity contribution >= 4 is 11.3 Å². The predicted octanol–water partition coefficient (Wildman–Crippen LogP) is 5.62. The summed E-state index contributed by atoms with van der Waals surface area (Å²) in [6.07, 6.45) is -9.47. The molecule has 29 heavy (non-hydrogen) atoms. The molecule has 0 radical (unpaired) electrons. The van der Waals surface area contributed by atoms with Gasteiger partial charge in [0.2, 0.25) is 0 Å². The molecule has 0 aliphatic heterocycles. The first kappa shape index (κ1) is 21.3. The first-order valence-corrected chi connectivity index (χ1v) is 8.68. The largest absolute Gasteiger partial charge is 0.459 e. The van der Waals surface area contributed by atoms with Gasteiger partial charge in [-0.2, -0.15) is 45.3 Å². The molecule has 0 fully saturated rings. The second-order valence-corrected chi connectivity index (χ2v) is 7.52. The molecule has 0 aromatic carbocycles. The molecule has 0 atom stereocenters. The molecule has 3 heterocycles. The number of aryl methyl sites for hydroxylation is 3. The lowest BCUT2D eigenvalue weighted by atomic mass is 10.1. The van der Waals surface area contributed by atoms with Gasteiger partial charge < -0.3 is 0 Å². The molecular weight excluding hydrogens is 432 g/mol. The molecule has 3 aromatic heterocycles. The van der Waals surface area contributed by atoms with Gasteiger partial charge in [0.1, 0.15) is 5.56 Å². The van der Waals surface area contributed by atoms with Crippen molar-refractivity contribution in [1.29, 1.82) is 0 Å². The van der Waals surface area contributed by atoms with Gasteiger partial charge in [0.25, 0.3) is 0 Å². The van der Waals surface area contributed by atoms with Crippen LogP contribution in [0.25, 0.3) is 16.3 Å². The van der Waals surface area contributed by atoms with Gasteiger partial charge in [-0.1, -0.05) is 0 Å². The van der Waals surface area contributed by atoms with Crippen molar-refractivity contribution in [3.05, 3.63) is 40.2 Å². The number of rotatable bonds is 3. The summed E-state index contributed by atoms with van der Waals surface area (Å²) in [6, 6.07) is 1.76. The Balaban J connectivity index is 2.21. The summed E-state index contributed by atoms with van der Waals surface area (Å²) in [5, 5.41) is 6.59. The zero-order valence-electron chi connectivity index (χ0n) is 15.0. The van der Waals surface area contributed by atoms with Crippen LogP contribution >= 0.6 is 11.3 Å². The molecule has 0 N–H and O–H groups in total. The van der Waals surface area contributed by atoms with Crippen molar-refractivity contribution in [2.24, 2.45) is 7.05 Å². The van der Waals surface area contributed by atoms with E-state index in [-0.39, 0.29) is 0 Å². The number of thiophene rings is 1. The molecule has 0 bridgehead atoms. The molecule has 0 saturated heterocycles. The fourth-order valence-corrected chi connectivity index (χ4v) is 3.68. The lowest BCUT2D eigenvalue weighted by Gasteiger charge is -2.19. The molecule has 0 spiro atoms. The summed E-state index contributed by atoms with van der Waals surface area (Å²) in [7, 11) is 0.835. The van der Waals surface area contributed by atoms with E-state index < -0.39 is 35.4 Å². The summed E-state index contributed by atoms with van der Waals surface area (Å²) in [4.78, 5) is 1.61. The summed E-state index contributed by atoms with van der Waals surface area (Å²) in [6.45, 7) is 3.66. The Morgan fingerprint density at radius 2 is 1.62 bits per heavy atom. The Labute approximate surface area is 162 Å². The van der Waals surface area contributed by atoms with Gasteiger partial charge in [0.05, 0.1) is 6.20 Å². The quantitative estimate of drug-likeness (QED) is 0.492. The van der Waals surface area contributed by atoms with Crippen LogP contribution in [0, 0.1) is 13.8 Å². The van der Waals surface area contributed by atoms with Crippen LogP contribution in [0.5, 0.6) is 0 Å². The smallest absolute Gasteiger partial charge is 0.250 e. The lowest BCUT2D eigenvalue weighted by molar-refractivity contribution is -0.292. The van der Waals surface area contributed by atoms with Crippen molar-refractivity contribution in [3.8, 4) is 16.3 Å². The van der Waals surface area contributed by atoms with Crippen LogP contribution in [-0.4, -0.2) is 25.7 Å². The van der Waals surface area contributed by atoms with E-state index in [0.717, 1.165) is 23.7 Å². The van der Waals surface area contributed by atoms with Crippen LogP contribution in [0.1, 0.15) is 21.7 Å². The van der Waals surface area contributed by atoms with E-state index in [2.05, 4.69) is 10.2 Å². The minimum absolute atomic E-state index is 0.305. The first-order chi connectivity index (χ1) is 13.1. The van der Waals surface area contributed by atoms with Gasteiger partial charge in [0.15, 0.2) is 11.5 Å². The van der Waals surface area contributed by atoms with E-state index in [4.69, 9.17) is 0 Å². The van der Waals surface area contributed by atoms with Crippen molar-refractivity contribution in [3.63, 3.8) is 0 Å². The average molecular weight is 444 g/mol. The number of halogens is 8. The Bertz CT molecular complexity index is 1030. The molecule has 13 heteroatoms. The molecule has 0 aliphatic rings. The topological polar surface area (TPSA) is 35.6 Å². The number of alkyl halides is 8. The molecule has 0 unspecified atom stereocenters. The molecule has 0 aliphatic carbocycles. The summed E-state index contributed by atoms with van der Waals surface area (Å²) in [5.41, 5.74) is -3.31. The Hall–Kier alpha value is -2.44. The lowest BCUT2D eigenvalue weighted by Crippen LogP contribution is -2.36. The molecular formula is C16H12F8N4S. The highest BCUT2D eigenvalue weighted by Crippen LogP contribution is 2.49. The third kappa shape index (κ3) is 3.51. The third-order valence-corrected chi connectivity index (χ3v) is 5.41. The Morgan fingerprint density at radius 3 is 2.10 bits per heavy atom. The van der Waals surface area contributed by atoms with Gasteiger partial charge >= 0.3 is 18.3 Å². The fourth-order valence-electron chi connectivity index (χ4n) is 2.67. The van der Waals surface area contributed by atoms with Gasteiger partial charge in [-0.3, -0.25) is 0 Å². The van der Waals surface area contributed by atoms with E-state index in [1.807, 2.05) is 13.8 Å². The van der Waals surface area contributed by atoms with Crippen LogP contribution in [0.3, 0.4) is 0 Å². The average Bonchev–Trinajstić information content (AvgIpc) is 3.23. The van der Waals surface area contributed by atoms with Gasteiger partial charge in [-0.05, 0) is 25.5 Å². The fraction of sp³-hybridized carbons (Fsp3) is 0.375. The second kappa shape index (κ2) is 6.54. The SMILES string of the molecule is Cc1cc(-c2cnn(-c3c(C(F)(F)F)c(C(F)(F)C(F)(F)F)nn3C)c2)sc1C. The summed E-state index contributed by atoms with van der Waals surface area (Å²) in [5.74, 6) is -6.85. The molecule has 4 nitrogen and oxygen atoms in total. The van der Waals surface area contributed by atoms with E-state index in [0.29, 0.717) is 19.8 Å². The van der Waals surface area contributed by atoms with Gasteiger partial charge in [-0.15, -0.1) is 11.3 Å². The first-order valence-electron chi connectivity index (χ1n) is 7.86. The van der Waals surface area contributed by atoms with E-state index in [1.54, 1.807) is 6.07 Å². The maximum atomic E-state index is 13.8. The zero-order valence-corrected chi connectivity index (χ0v) is 15.8. The maximum Gasteiger partial charge on any atom is 0.459 e. The molecule has 3 rings (SSSR count). The minimum atomic E-state index is -6.25. The van der Waals surface area contributed by atoms with Crippen molar-refractivity contribution in [2.45, 2.75) is 32.1 Å². The molecule has 158 valence electrons. The highest BCUT2D eigenvalue weighted by molar-refractivity contribution is 7.15. The van der Waals surface area contributed by atoms with Crippen LogP contribution in [-0.2, 0) is 19.1 Å². The van der Waals surface area contributed by atoms with Crippen molar-refractivity contribution in [2.75, 3.05) is 0 Å². The van der Waals surface area contributed by atoms with Crippen LogP contribution in [0.2, 0.25) is 0 Å². The predicted molar refractivity (Wildman–Crippen MR) is 88.1 cm³/mol. The number of hydrogen-bond acceptors (Lipinski definition) is 3. The van der Waals surface area contributed by atoms with Crippen LogP contribution in [0.4, 0.5) is 35.1 Å². The Kier molecular flexibility index (Phi) is 4.80. The minimum Gasteiger partial charge on any atom is -0.250 e. The number of hydrogen-bond donors (Lipinski definition) is 0. The van der Waals surface area contributed by atoms with Crippen LogP contribution in [0.15, 0.2) is 18.5 Å². The van der Waals surface area contributed by atoms with E-state index in [9.17, 15) is 35.1 Å². The third-order valence-electron chi connectivity index (χ3n) is 4.20. The number of aromatic nitrogens is 4. The maximum absolute atomic E-state index is 13.8. The van der Waals surface area contributed by atoms with E-state index >= 15 is 0 Å². The molecule has 0 saturated carbocycles. The molecule has 0 amide bonds. The van der Waals surface area contributed by atoms with Gasteiger partial charge in [0, 0.05) is 28.6 Å². The second-order valence-electron chi connectivity index (χ2n) is 6.26. The van der Waals surface area contributed by atoms with Crippen molar-refractivity contribution < 1.29 is 35.1 Å². The van der Waals surface area contributed by atoms with Crippen LogP contribution < -0.4 is 0 Å². The summed E-state index contributed by atoms with van der Waals surface area (Å²) < 4.78 is 107. The zero-order chi connectivity index (χ0) is 21.9.